The minimum atomic E-state index is 0.397. The fourth-order valence-electron chi connectivity index (χ4n) is 1.26. The van der Waals surface area contributed by atoms with Crippen LogP contribution in [0.4, 0.5) is 0 Å². The van der Waals surface area contributed by atoms with Crippen molar-refractivity contribution in [3.05, 3.63) is 12.2 Å². The molecule has 0 radical (unpaired) electrons. The van der Waals surface area contributed by atoms with Crippen LogP contribution in [-0.2, 0) is 6.42 Å². The molecule has 13 heavy (non-hydrogen) atoms. The van der Waals surface area contributed by atoms with Gasteiger partial charge in [-0.05, 0) is 26.7 Å². The Kier molecular flexibility index (Phi) is 4.22. The molecule has 0 aliphatic heterocycles. The van der Waals surface area contributed by atoms with Gasteiger partial charge in [0.05, 0.1) is 0 Å². The molecule has 0 aromatic carbocycles. The summed E-state index contributed by atoms with van der Waals surface area (Å²) in [5.41, 5.74) is 0. The van der Waals surface area contributed by atoms with Crippen LogP contribution in [0.25, 0.3) is 0 Å². The van der Waals surface area contributed by atoms with Crippen LogP contribution in [-0.4, -0.2) is 20.6 Å². The van der Waals surface area contributed by atoms with Crippen molar-refractivity contribution in [1.82, 2.24) is 14.8 Å². The lowest BCUT2D eigenvalue weighted by Crippen LogP contribution is -2.08. The van der Waals surface area contributed by atoms with Gasteiger partial charge in [0.15, 0.2) is 0 Å². The molecular weight excluding hydrogens is 186 g/mol. The quantitative estimate of drug-likeness (QED) is 0.541. The van der Waals surface area contributed by atoms with E-state index in [0.717, 1.165) is 31.0 Å². The molecule has 1 aromatic rings. The molecule has 0 fully saturated rings. The molecule has 0 atom stereocenters. The van der Waals surface area contributed by atoms with E-state index < -0.39 is 0 Å². The van der Waals surface area contributed by atoms with Crippen LogP contribution in [0.2, 0.25) is 0 Å². The molecule has 4 heteroatoms. The maximum Gasteiger partial charge on any atom is 0.138 e. The fraction of sp³-hybridized carbons (Fsp3) is 0.778. The number of nitrogens with zero attached hydrogens (tertiary/aromatic N) is 3. The maximum atomic E-state index is 5.60. The number of rotatable bonds is 5. The largest absolute Gasteiger partial charge is 0.248 e. The minimum Gasteiger partial charge on any atom is -0.248 e. The Morgan fingerprint density at radius 1 is 1.46 bits per heavy atom. The number of aromatic nitrogens is 3. The van der Waals surface area contributed by atoms with Crippen molar-refractivity contribution in [2.45, 2.75) is 39.2 Å². The van der Waals surface area contributed by atoms with Gasteiger partial charge in [0.2, 0.25) is 0 Å². The van der Waals surface area contributed by atoms with Gasteiger partial charge in [-0.15, -0.1) is 11.6 Å². The van der Waals surface area contributed by atoms with Crippen molar-refractivity contribution in [2.24, 2.45) is 0 Å². The first-order valence-corrected chi connectivity index (χ1v) is 5.23. The van der Waals surface area contributed by atoms with Crippen molar-refractivity contribution in [2.75, 3.05) is 5.88 Å². The summed E-state index contributed by atoms with van der Waals surface area (Å²) in [4.78, 5) is 4.22. The Balaban J connectivity index is 2.50. The van der Waals surface area contributed by atoms with Gasteiger partial charge in [-0.1, -0.05) is 0 Å². The second-order valence-electron chi connectivity index (χ2n) is 3.36. The van der Waals surface area contributed by atoms with Crippen LogP contribution < -0.4 is 0 Å². The van der Waals surface area contributed by atoms with Gasteiger partial charge in [-0.3, -0.25) is 0 Å². The van der Waals surface area contributed by atoms with E-state index in [1.165, 1.54) is 0 Å². The maximum absolute atomic E-state index is 5.60. The third-order valence-electron chi connectivity index (χ3n) is 1.92. The number of aryl methyl sites for hydroxylation is 1. The Hall–Kier alpha value is -0.570. The Morgan fingerprint density at radius 3 is 2.85 bits per heavy atom. The van der Waals surface area contributed by atoms with Crippen molar-refractivity contribution in [1.29, 1.82) is 0 Å². The highest BCUT2D eigenvalue weighted by atomic mass is 35.5. The minimum absolute atomic E-state index is 0.397. The fourth-order valence-corrected chi connectivity index (χ4v) is 1.45. The third-order valence-corrected chi connectivity index (χ3v) is 2.19. The Morgan fingerprint density at radius 2 is 2.23 bits per heavy atom. The van der Waals surface area contributed by atoms with E-state index in [2.05, 4.69) is 23.9 Å². The van der Waals surface area contributed by atoms with E-state index in [1.54, 1.807) is 6.33 Å². The highest BCUT2D eigenvalue weighted by Crippen LogP contribution is 2.08. The number of unbranched alkanes of at least 4 members (excludes halogenated alkanes) is 1. The SMILES string of the molecule is CC(C)n1ncnc1CCCCCl. The van der Waals surface area contributed by atoms with Crippen LogP contribution in [0.1, 0.15) is 38.6 Å². The van der Waals surface area contributed by atoms with Crippen LogP contribution in [0, 0.1) is 0 Å². The lowest BCUT2D eigenvalue weighted by molar-refractivity contribution is 0.500. The molecular formula is C9H16ClN3. The van der Waals surface area contributed by atoms with E-state index in [-0.39, 0.29) is 0 Å². The van der Waals surface area contributed by atoms with Gasteiger partial charge >= 0.3 is 0 Å². The van der Waals surface area contributed by atoms with Gasteiger partial charge in [-0.25, -0.2) is 9.67 Å². The predicted molar refractivity (Wildman–Crippen MR) is 54.1 cm³/mol. The average molecular weight is 202 g/mol. The van der Waals surface area contributed by atoms with Crippen LogP contribution in [0.5, 0.6) is 0 Å². The Labute approximate surface area is 84.1 Å². The topological polar surface area (TPSA) is 30.7 Å². The summed E-state index contributed by atoms with van der Waals surface area (Å²) in [7, 11) is 0. The number of hydrogen-bond acceptors (Lipinski definition) is 2. The summed E-state index contributed by atoms with van der Waals surface area (Å²) in [6.07, 6.45) is 4.74. The normalized spacial score (nSPS) is 11.1. The molecule has 0 unspecified atom stereocenters. The predicted octanol–water partition coefficient (Wildman–Crippen LogP) is 2.42. The molecule has 1 heterocycles. The van der Waals surface area contributed by atoms with Gasteiger partial charge in [0.25, 0.3) is 0 Å². The van der Waals surface area contributed by atoms with Gasteiger partial charge in [0.1, 0.15) is 12.2 Å². The molecule has 0 aliphatic carbocycles. The summed E-state index contributed by atoms with van der Waals surface area (Å²) in [5, 5.41) is 4.17. The second-order valence-corrected chi connectivity index (χ2v) is 3.74. The van der Waals surface area contributed by atoms with Crippen LogP contribution in [0.3, 0.4) is 0 Å². The zero-order valence-corrected chi connectivity index (χ0v) is 8.96. The van der Waals surface area contributed by atoms with Crippen LogP contribution in [0.15, 0.2) is 6.33 Å². The standard InChI is InChI=1S/C9H16ClN3/c1-8(2)13-9(11-7-12-13)5-3-4-6-10/h7-8H,3-6H2,1-2H3. The van der Waals surface area contributed by atoms with Gasteiger partial charge < -0.3 is 0 Å². The van der Waals surface area contributed by atoms with E-state index >= 15 is 0 Å². The molecule has 0 saturated carbocycles. The molecule has 1 rings (SSSR count). The third kappa shape index (κ3) is 2.99. The molecule has 0 saturated heterocycles. The molecule has 1 aromatic heterocycles. The van der Waals surface area contributed by atoms with Gasteiger partial charge in [0, 0.05) is 18.3 Å². The second kappa shape index (κ2) is 5.22. The monoisotopic (exact) mass is 201 g/mol. The zero-order valence-electron chi connectivity index (χ0n) is 8.20. The van der Waals surface area contributed by atoms with Crippen molar-refractivity contribution < 1.29 is 0 Å². The van der Waals surface area contributed by atoms with Crippen molar-refractivity contribution in [3.63, 3.8) is 0 Å². The average Bonchev–Trinajstić information content (AvgIpc) is 2.53. The summed E-state index contributed by atoms with van der Waals surface area (Å²) in [5.74, 6) is 1.80. The molecule has 3 nitrogen and oxygen atoms in total. The molecule has 0 spiro atoms. The molecule has 0 amide bonds. The van der Waals surface area contributed by atoms with Crippen molar-refractivity contribution >= 4 is 11.6 Å². The van der Waals surface area contributed by atoms with Gasteiger partial charge in [-0.2, -0.15) is 5.10 Å². The molecule has 0 N–H and O–H groups in total. The number of alkyl halides is 1. The first-order chi connectivity index (χ1) is 6.25. The number of hydrogen-bond donors (Lipinski definition) is 0. The summed E-state index contributed by atoms with van der Waals surface area (Å²) >= 11 is 5.60. The van der Waals surface area contributed by atoms with E-state index in [1.807, 2.05) is 4.68 Å². The lowest BCUT2D eigenvalue weighted by Gasteiger charge is -2.08. The zero-order chi connectivity index (χ0) is 9.68. The smallest absolute Gasteiger partial charge is 0.138 e. The summed E-state index contributed by atoms with van der Waals surface area (Å²) in [6.45, 7) is 4.22. The highest BCUT2D eigenvalue weighted by molar-refractivity contribution is 6.17. The van der Waals surface area contributed by atoms with Crippen molar-refractivity contribution in [3.8, 4) is 0 Å². The van der Waals surface area contributed by atoms with E-state index in [4.69, 9.17) is 11.6 Å². The number of halogens is 1. The highest BCUT2D eigenvalue weighted by Gasteiger charge is 2.06. The van der Waals surface area contributed by atoms with E-state index in [0.29, 0.717) is 6.04 Å². The summed E-state index contributed by atoms with van der Waals surface area (Å²) in [6, 6.07) is 0.397. The first-order valence-electron chi connectivity index (χ1n) is 4.70. The molecule has 0 aliphatic rings. The molecule has 74 valence electrons. The van der Waals surface area contributed by atoms with Crippen LogP contribution >= 0.6 is 11.6 Å². The first kappa shape index (κ1) is 10.5. The molecule has 0 bridgehead atoms. The Bertz CT molecular complexity index is 245. The lowest BCUT2D eigenvalue weighted by atomic mass is 10.2. The van der Waals surface area contributed by atoms with E-state index in [9.17, 15) is 0 Å². The summed E-state index contributed by atoms with van der Waals surface area (Å²) < 4.78 is 1.97.